The number of ketones is 1. The molecule has 1 aliphatic rings. The minimum Gasteiger partial charge on any atom is -0.493 e. The Balaban J connectivity index is 2.22. The molecular weight excluding hydrogens is 290 g/mol. The molecule has 1 aromatic carbocycles. The molecule has 0 fully saturated rings. The van der Waals surface area contributed by atoms with Gasteiger partial charge < -0.3 is 14.0 Å². The zero-order valence-corrected chi connectivity index (χ0v) is 14.2. The Hall–Kier alpha value is -2.23. The van der Waals surface area contributed by atoms with Gasteiger partial charge in [-0.2, -0.15) is 0 Å². The summed E-state index contributed by atoms with van der Waals surface area (Å²) in [6.45, 7) is 7.53. The second-order valence-electron chi connectivity index (χ2n) is 5.93. The third kappa shape index (κ3) is 2.52. The molecule has 1 unspecified atom stereocenters. The summed E-state index contributed by atoms with van der Waals surface area (Å²) in [4.78, 5) is 12.3. The Morgan fingerprint density at radius 3 is 2.74 bits per heavy atom. The summed E-state index contributed by atoms with van der Waals surface area (Å²) in [5.74, 6) is 2.01. The lowest BCUT2D eigenvalue weighted by molar-refractivity contribution is 0.0988. The fraction of sp³-hybridized carbons (Fsp3) is 0.421. The molecule has 1 atom stereocenters. The van der Waals surface area contributed by atoms with Crippen LogP contribution in [0.3, 0.4) is 0 Å². The Bertz CT molecular complexity index is 745. The maximum absolute atomic E-state index is 12.3. The minimum absolute atomic E-state index is 0.173. The van der Waals surface area contributed by atoms with E-state index >= 15 is 0 Å². The summed E-state index contributed by atoms with van der Waals surface area (Å²) in [5, 5.41) is 0. The second kappa shape index (κ2) is 6.11. The van der Waals surface area contributed by atoms with E-state index in [9.17, 15) is 4.79 Å². The van der Waals surface area contributed by atoms with Crippen LogP contribution < -0.4 is 9.47 Å². The first-order valence-electron chi connectivity index (χ1n) is 8.18. The summed E-state index contributed by atoms with van der Waals surface area (Å²) in [5.41, 5.74) is 4.09. The molecule has 0 bridgehead atoms. The van der Waals surface area contributed by atoms with Gasteiger partial charge in [0.05, 0.1) is 19.4 Å². The van der Waals surface area contributed by atoms with Gasteiger partial charge in [-0.25, -0.2) is 0 Å². The number of Topliss-reactive ketones (excluding diaryl/α,β-unsaturated/α-hetero) is 1. The molecule has 0 saturated carbocycles. The number of fused-ring (bicyclic) bond motifs is 3. The molecule has 0 amide bonds. The first kappa shape index (κ1) is 15.7. The van der Waals surface area contributed by atoms with Crippen molar-refractivity contribution in [3.63, 3.8) is 0 Å². The Labute approximate surface area is 137 Å². The van der Waals surface area contributed by atoms with Gasteiger partial charge in [-0.3, -0.25) is 4.79 Å². The fourth-order valence-corrected chi connectivity index (χ4v) is 3.35. The molecule has 4 nitrogen and oxygen atoms in total. The molecule has 4 heteroatoms. The second-order valence-corrected chi connectivity index (χ2v) is 5.93. The SMILES string of the molecule is CCOc1cc2c(cc1OC)-c1c(C(=O)CC)ccn1CC2C. The predicted octanol–water partition coefficient (Wildman–Crippen LogP) is 4.27. The first-order valence-corrected chi connectivity index (χ1v) is 8.18. The van der Waals surface area contributed by atoms with Gasteiger partial charge in [0.1, 0.15) is 0 Å². The molecule has 0 aliphatic carbocycles. The molecule has 0 saturated heterocycles. The fourth-order valence-electron chi connectivity index (χ4n) is 3.35. The number of nitrogens with zero attached hydrogens (tertiary/aromatic N) is 1. The molecule has 1 aromatic heterocycles. The lowest BCUT2D eigenvalue weighted by Gasteiger charge is -2.27. The lowest BCUT2D eigenvalue weighted by atomic mass is 9.88. The van der Waals surface area contributed by atoms with Crippen LogP contribution in [0.2, 0.25) is 0 Å². The number of carbonyl (C=O) groups excluding carboxylic acids is 1. The quantitative estimate of drug-likeness (QED) is 0.774. The molecule has 0 radical (unpaired) electrons. The van der Waals surface area contributed by atoms with Gasteiger partial charge in [-0.15, -0.1) is 0 Å². The molecule has 0 spiro atoms. The maximum atomic E-state index is 12.3. The highest BCUT2D eigenvalue weighted by Crippen LogP contribution is 2.44. The third-order valence-corrected chi connectivity index (χ3v) is 4.48. The highest BCUT2D eigenvalue weighted by atomic mass is 16.5. The molecule has 3 rings (SSSR count). The average Bonchev–Trinajstić information content (AvgIpc) is 2.98. The zero-order valence-electron chi connectivity index (χ0n) is 14.2. The smallest absolute Gasteiger partial charge is 0.164 e. The number of rotatable bonds is 5. The summed E-state index contributed by atoms with van der Waals surface area (Å²) in [6, 6.07) is 6.01. The standard InChI is InChI=1S/C19H23NO3/c1-5-16(21)13-7-8-20-11-12(3)14-9-18(23-6-2)17(22-4)10-15(14)19(13)20/h7-10,12H,5-6,11H2,1-4H3. The number of ether oxygens (including phenoxy) is 2. The van der Waals surface area contributed by atoms with Crippen molar-refractivity contribution in [2.24, 2.45) is 0 Å². The van der Waals surface area contributed by atoms with Crippen molar-refractivity contribution in [2.75, 3.05) is 13.7 Å². The lowest BCUT2D eigenvalue weighted by Crippen LogP contribution is -2.16. The molecular formula is C19H23NO3. The van der Waals surface area contributed by atoms with Gasteiger partial charge >= 0.3 is 0 Å². The molecule has 2 aromatic rings. The highest BCUT2D eigenvalue weighted by Gasteiger charge is 2.28. The monoisotopic (exact) mass is 313 g/mol. The number of hydrogen-bond donors (Lipinski definition) is 0. The van der Waals surface area contributed by atoms with Gasteiger partial charge in [-0.1, -0.05) is 13.8 Å². The molecule has 0 N–H and O–H groups in total. The van der Waals surface area contributed by atoms with Gasteiger partial charge in [0.25, 0.3) is 0 Å². The van der Waals surface area contributed by atoms with E-state index in [4.69, 9.17) is 9.47 Å². The minimum atomic E-state index is 0.173. The highest BCUT2D eigenvalue weighted by molar-refractivity contribution is 6.02. The van der Waals surface area contributed by atoms with E-state index in [1.54, 1.807) is 7.11 Å². The molecule has 2 heterocycles. The largest absolute Gasteiger partial charge is 0.493 e. The van der Waals surface area contributed by atoms with Gasteiger partial charge in [0.15, 0.2) is 17.3 Å². The van der Waals surface area contributed by atoms with E-state index in [-0.39, 0.29) is 5.78 Å². The number of hydrogen-bond acceptors (Lipinski definition) is 3. The Kier molecular flexibility index (Phi) is 4.16. The zero-order chi connectivity index (χ0) is 16.6. The van der Waals surface area contributed by atoms with Crippen LogP contribution in [0.1, 0.15) is 49.0 Å². The van der Waals surface area contributed by atoms with Gasteiger partial charge in [-0.05, 0) is 36.6 Å². The van der Waals surface area contributed by atoms with E-state index in [2.05, 4.69) is 17.6 Å². The van der Waals surface area contributed by atoms with Crippen molar-refractivity contribution < 1.29 is 14.3 Å². The maximum Gasteiger partial charge on any atom is 0.164 e. The van der Waals surface area contributed by atoms with E-state index in [1.165, 1.54) is 5.56 Å². The molecule has 23 heavy (non-hydrogen) atoms. The predicted molar refractivity (Wildman–Crippen MR) is 90.6 cm³/mol. The van der Waals surface area contributed by atoms with E-state index in [0.29, 0.717) is 24.7 Å². The third-order valence-electron chi connectivity index (χ3n) is 4.48. The number of methoxy groups -OCH3 is 1. The van der Waals surface area contributed by atoms with E-state index in [0.717, 1.165) is 29.1 Å². The first-order chi connectivity index (χ1) is 11.1. The van der Waals surface area contributed by atoms with Crippen molar-refractivity contribution in [1.82, 2.24) is 4.57 Å². The van der Waals surface area contributed by atoms with Crippen LogP contribution >= 0.6 is 0 Å². The van der Waals surface area contributed by atoms with Crippen molar-refractivity contribution in [3.8, 4) is 22.8 Å². The van der Waals surface area contributed by atoms with Crippen LogP contribution in [0, 0.1) is 0 Å². The van der Waals surface area contributed by atoms with E-state index < -0.39 is 0 Å². The molecule has 122 valence electrons. The van der Waals surface area contributed by atoms with Crippen LogP contribution in [0.5, 0.6) is 11.5 Å². The Morgan fingerprint density at radius 1 is 1.30 bits per heavy atom. The van der Waals surface area contributed by atoms with Crippen molar-refractivity contribution in [3.05, 3.63) is 35.5 Å². The average molecular weight is 313 g/mol. The normalized spacial score (nSPS) is 15.7. The summed E-state index contributed by atoms with van der Waals surface area (Å²) < 4.78 is 13.4. The van der Waals surface area contributed by atoms with Gasteiger partial charge in [0, 0.05) is 30.3 Å². The van der Waals surface area contributed by atoms with Crippen LogP contribution in [0.25, 0.3) is 11.3 Å². The van der Waals surface area contributed by atoms with Crippen molar-refractivity contribution >= 4 is 5.78 Å². The summed E-state index contributed by atoms with van der Waals surface area (Å²) in [6.07, 6.45) is 2.52. The van der Waals surface area contributed by atoms with Crippen LogP contribution in [0.4, 0.5) is 0 Å². The van der Waals surface area contributed by atoms with Crippen molar-refractivity contribution in [1.29, 1.82) is 0 Å². The van der Waals surface area contributed by atoms with E-state index in [1.807, 2.05) is 32.2 Å². The van der Waals surface area contributed by atoms with Crippen LogP contribution in [0.15, 0.2) is 24.4 Å². The summed E-state index contributed by atoms with van der Waals surface area (Å²) >= 11 is 0. The Morgan fingerprint density at radius 2 is 2.09 bits per heavy atom. The number of benzene rings is 1. The van der Waals surface area contributed by atoms with Crippen molar-refractivity contribution in [2.45, 2.75) is 39.7 Å². The van der Waals surface area contributed by atoms with Crippen LogP contribution in [-0.4, -0.2) is 24.1 Å². The number of carbonyl (C=O) groups is 1. The van der Waals surface area contributed by atoms with Gasteiger partial charge in [0.2, 0.25) is 0 Å². The van der Waals surface area contributed by atoms with Crippen LogP contribution in [-0.2, 0) is 6.54 Å². The topological polar surface area (TPSA) is 40.5 Å². The summed E-state index contributed by atoms with van der Waals surface area (Å²) in [7, 11) is 1.65. The number of aromatic nitrogens is 1. The molecule has 1 aliphatic heterocycles.